The molecule has 0 saturated carbocycles. The Hall–Kier alpha value is -1.86. The largest absolute Gasteiger partial charge is 0.390 e. The normalized spacial score (nSPS) is 11.7. The number of aliphatic hydroxyl groups is 1. The van der Waals surface area contributed by atoms with Crippen molar-refractivity contribution in [3.63, 3.8) is 0 Å². The molecule has 0 amide bonds. The number of nitrogens with zero attached hydrogens (tertiary/aromatic N) is 3. The van der Waals surface area contributed by atoms with Crippen molar-refractivity contribution in [1.29, 1.82) is 0 Å². The predicted octanol–water partition coefficient (Wildman–Crippen LogP) is 3.43. The first kappa shape index (κ1) is 15.1. The zero-order valence-corrected chi connectivity index (χ0v) is 13.0. The van der Waals surface area contributed by atoms with Gasteiger partial charge in [0, 0.05) is 12.0 Å². The second-order valence-electron chi connectivity index (χ2n) is 5.48. The minimum Gasteiger partial charge on any atom is -0.390 e. The summed E-state index contributed by atoms with van der Waals surface area (Å²) in [6.07, 6.45) is 0.833. The van der Waals surface area contributed by atoms with Gasteiger partial charge in [0.15, 0.2) is 11.6 Å². The van der Waals surface area contributed by atoms with Crippen molar-refractivity contribution in [2.75, 3.05) is 0 Å². The summed E-state index contributed by atoms with van der Waals surface area (Å²) in [5, 5.41) is 15.0. The van der Waals surface area contributed by atoms with Crippen LogP contribution in [0.15, 0.2) is 18.2 Å². The average Bonchev–Trinajstić information content (AvgIpc) is 2.97. The second kappa shape index (κ2) is 5.73. The zero-order valence-electron chi connectivity index (χ0n) is 12.2. The van der Waals surface area contributed by atoms with Crippen LogP contribution in [-0.2, 0) is 13.0 Å². The highest BCUT2D eigenvalue weighted by Crippen LogP contribution is 2.28. The molecule has 2 heterocycles. The third kappa shape index (κ3) is 2.62. The van der Waals surface area contributed by atoms with Gasteiger partial charge in [-0.2, -0.15) is 5.10 Å². The van der Waals surface area contributed by atoms with E-state index < -0.39 is 11.6 Å². The summed E-state index contributed by atoms with van der Waals surface area (Å²) >= 11 is 1.44. The maximum Gasteiger partial charge on any atom is 0.213 e. The Labute approximate surface area is 130 Å². The number of benzene rings is 1. The first-order valence-electron chi connectivity index (χ1n) is 6.93. The Balaban J connectivity index is 2.10. The maximum absolute atomic E-state index is 13.4. The molecule has 0 aliphatic heterocycles. The number of fused-ring (bicyclic) bond motifs is 1. The summed E-state index contributed by atoms with van der Waals surface area (Å²) in [5.74, 6) is -1.38. The van der Waals surface area contributed by atoms with Crippen molar-refractivity contribution in [2.45, 2.75) is 26.9 Å². The molecule has 0 fully saturated rings. The molecule has 22 heavy (non-hydrogen) atoms. The lowest BCUT2D eigenvalue weighted by molar-refractivity contribution is 0.275. The Morgan fingerprint density at radius 1 is 1.27 bits per heavy atom. The highest BCUT2D eigenvalue weighted by molar-refractivity contribution is 7.16. The predicted molar refractivity (Wildman–Crippen MR) is 80.7 cm³/mol. The summed E-state index contributed by atoms with van der Waals surface area (Å²) in [7, 11) is 0. The van der Waals surface area contributed by atoms with Crippen LogP contribution in [0.25, 0.3) is 16.2 Å². The Morgan fingerprint density at radius 3 is 2.68 bits per heavy atom. The van der Waals surface area contributed by atoms with Gasteiger partial charge in [-0.05, 0) is 24.1 Å². The number of hydrogen-bond donors (Lipinski definition) is 1. The van der Waals surface area contributed by atoms with E-state index >= 15 is 0 Å². The van der Waals surface area contributed by atoms with Crippen LogP contribution >= 0.6 is 11.3 Å². The standard InChI is InChI=1S/C15H15F2N3OS/c1-8(2)5-13-19-20-12(7-21)14(18-15(20)22-13)9-3-4-10(16)11(17)6-9/h3-4,6,8,21H,5,7H2,1-2H3. The maximum atomic E-state index is 13.4. The van der Waals surface area contributed by atoms with Crippen LogP contribution < -0.4 is 0 Å². The SMILES string of the molecule is CC(C)Cc1nn2c(CO)c(-c3ccc(F)c(F)c3)nc2s1. The van der Waals surface area contributed by atoms with E-state index in [0.717, 1.165) is 23.6 Å². The number of aliphatic hydroxyl groups excluding tert-OH is 1. The molecule has 2 aromatic heterocycles. The van der Waals surface area contributed by atoms with Crippen LogP contribution in [-0.4, -0.2) is 19.7 Å². The molecule has 0 saturated heterocycles. The summed E-state index contributed by atoms with van der Waals surface area (Å²) in [6, 6.07) is 3.58. The van der Waals surface area contributed by atoms with Gasteiger partial charge in [-0.25, -0.2) is 18.3 Å². The molecule has 116 valence electrons. The van der Waals surface area contributed by atoms with Crippen LogP contribution in [0.3, 0.4) is 0 Å². The van der Waals surface area contributed by atoms with Crippen molar-refractivity contribution in [3.05, 3.63) is 40.5 Å². The first-order chi connectivity index (χ1) is 10.5. The number of imidazole rings is 1. The van der Waals surface area contributed by atoms with E-state index in [1.54, 1.807) is 4.52 Å². The molecule has 4 nitrogen and oxygen atoms in total. The number of hydrogen-bond acceptors (Lipinski definition) is 4. The lowest BCUT2D eigenvalue weighted by Gasteiger charge is -2.02. The van der Waals surface area contributed by atoms with Gasteiger partial charge in [0.1, 0.15) is 5.01 Å². The Kier molecular flexibility index (Phi) is 3.92. The fourth-order valence-electron chi connectivity index (χ4n) is 2.28. The van der Waals surface area contributed by atoms with Gasteiger partial charge in [-0.3, -0.25) is 0 Å². The quantitative estimate of drug-likeness (QED) is 0.800. The average molecular weight is 323 g/mol. The molecule has 0 aliphatic carbocycles. The minimum absolute atomic E-state index is 0.277. The minimum atomic E-state index is -0.939. The molecule has 0 atom stereocenters. The molecular formula is C15H15F2N3OS. The molecule has 0 spiro atoms. The molecule has 0 unspecified atom stereocenters. The van der Waals surface area contributed by atoms with Gasteiger partial charge in [-0.1, -0.05) is 25.2 Å². The number of halogens is 2. The molecular weight excluding hydrogens is 308 g/mol. The van der Waals surface area contributed by atoms with E-state index in [9.17, 15) is 13.9 Å². The fourth-order valence-corrected chi connectivity index (χ4v) is 3.40. The molecule has 0 bridgehead atoms. The summed E-state index contributed by atoms with van der Waals surface area (Å²) in [6.45, 7) is 3.92. The van der Waals surface area contributed by atoms with E-state index in [1.165, 1.54) is 17.4 Å². The Morgan fingerprint density at radius 2 is 2.05 bits per heavy atom. The third-order valence-electron chi connectivity index (χ3n) is 3.26. The Bertz CT molecular complexity index is 826. The van der Waals surface area contributed by atoms with Gasteiger partial charge in [0.2, 0.25) is 4.96 Å². The van der Waals surface area contributed by atoms with Crippen LogP contribution in [0.5, 0.6) is 0 Å². The fraction of sp³-hybridized carbons (Fsp3) is 0.333. The molecule has 7 heteroatoms. The van der Waals surface area contributed by atoms with E-state index in [1.807, 2.05) is 0 Å². The highest BCUT2D eigenvalue weighted by atomic mass is 32.1. The van der Waals surface area contributed by atoms with Crippen molar-refractivity contribution >= 4 is 16.3 Å². The van der Waals surface area contributed by atoms with Crippen LogP contribution in [0.1, 0.15) is 24.5 Å². The van der Waals surface area contributed by atoms with E-state index in [0.29, 0.717) is 27.8 Å². The first-order valence-corrected chi connectivity index (χ1v) is 7.75. The lowest BCUT2D eigenvalue weighted by atomic mass is 10.1. The topological polar surface area (TPSA) is 50.4 Å². The van der Waals surface area contributed by atoms with E-state index in [2.05, 4.69) is 23.9 Å². The van der Waals surface area contributed by atoms with Gasteiger partial charge in [0.05, 0.1) is 18.0 Å². The van der Waals surface area contributed by atoms with Gasteiger partial charge in [0.25, 0.3) is 0 Å². The highest BCUT2D eigenvalue weighted by Gasteiger charge is 2.18. The van der Waals surface area contributed by atoms with Crippen molar-refractivity contribution in [3.8, 4) is 11.3 Å². The molecule has 3 aromatic rings. The molecule has 1 aromatic carbocycles. The van der Waals surface area contributed by atoms with Crippen LogP contribution in [0.2, 0.25) is 0 Å². The van der Waals surface area contributed by atoms with Gasteiger partial charge in [-0.15, -0.1) is 0 Å². The molecule has 1 N–H and O–H groups in total. The van der Waals surface area contributed by atoms with Crippen LogP contribution in [0, 0.1) is 17.6 Å². The number of rotatable bonds is 4. The third-order valence-corrected chi connectivity index (χ3v) is 4.19. The molecule has 3 rings (SSSR count). The van der Waals surface area contributed by atoms with E-state index in [4.69, 9.17) is 0 Å². The number of aromatic nitrogens is 3. The monoisotopic (exact) mass is 323 g/mol. The molecule has 0 aliphatic rings. The smallest absolute Gasteiger partial charge is 0.213 e. The van der Waals surface area contributed by atoms with Gasteiger partial charge >= 0.3 is 0 Å². The lowest BCUT2D eigenvalue weighted by Crippen LogP contribution is -1.99. The van der Waals surface area contributed by atoms with Gasteiger partial charge < -0.3 is 5.11 Å². The molecule has 0 radical (unpaired) electrons. The summed E-state index contributed by atoms with van der Waals surface area (Å²) < 4.78 is 28.0. The van der Waals surface area contributed by atoms with Crippen LogP contribution in [0.4, 0.5) is 8.78 Å². The van der Waals surface area contributed by atoms with Crippen molar-refractivity contribution in [2.24, 2.45) is 5.92 Å². The van der Waals surface area contributed by atoms with Crippen molar-refractivity contribution in [1.82, 2.24) is 14.6 Å². The summed E-state index contributed by atoms with van der Waals surface area (Å²) in [4.78, 5) is 5.06. The van der Waals surface area contributed by atoms with E-state index in [-0.39, 0.29) is 6.61 Å². The zero-order chi connectivity index (χ0) is 15.9. The van der Waals surface area contributed by atoms with Crippen molar-refractivity contribution < 1.29 is 13.9 Å². The summed E-state index contributed by atoms with van der Waals surface area (Å²) in [5.41, 5.74) is 1.33. The second-order valence-corrected chi connectivity index (χ2v) is 6.52.